The molecule has 1 aromatic carbocycles. The van der Waals surface area contributed by atoms with Crippen LogP contribution < -0.4 is 0 Å². The average molecular weight is 286 g/mol. The highest BCUT2D eigenvalue weighted by atomic mass is 16.5. The van der Waals surface area contributed by atoms with E-state index in [-0.39, 0.29) is 5.56 Å². The molecule has 6 nitrogen and oxygen atoms in total. The van der Waals surface area contributed by atoms with Gasteiger partial charge in [-0.15, -0.1) is 0 Å². The van der Waals surface area contributed by atoms with Crippen LogP contribution in [0.2, 0.25) is 0 Å². The van der Waals surface area contributed by atoms with Crippen LogP contribution >= 0.6 is 0 Å². The normalized spacial score (nSPS) is 11.1. The molecule has 0 saturated carbocycles. The highest BCUT2D eigenvalue weighted by Crippen LogP contribution is 2.19. The second-order valence-electron chi connectivity index (χ2n) is 4.74. The Morgan fingerprint density at radius 2 is 2.24 bits per heavy atom. The van der Waals surface area contributed by atoms with Crippen LogP contribution in [-0.2, 0) is 17.9 Å². The molecule has 3 rings (SSSR count). The summed E-state index contributed by atoms with van der Waals surface area (Å²) in [5, 5.41) is 13.9. The summed E-state index contributed by atoms with van der Waals surface area (Å²) in [5.74, 6) is -0.248. The maximum absolute atomic E-state index is 11.0. The second kappa shape index (κ2) is 5.41. The minimum absolute atomic E-state index is 0.282. The molecule has 21 heavy (non-hydrogen) atoms. The number of carbonyl (C=O) groups is 1. The average Bonchev–Trinajstić information content (AvgIpc) is 3.07. The molecule has 0 fully saturated rings. The smallest absolute Gasteiger partial charge is 0.335 e. The van der Waals surface area contributed by atoms with Gasteiger partial charge in [0.25, 0.3) is 0 Å². The van der Waals surface area contributed by atoms with Gasteiger partial charge in [-0.25, -0.2) is 4.79 Å². The molecule has 0 unspecified atom stereocenters. The first-order valence-electron chi connectivity index (χ1n) is 6.43. The van der Waals surface area contributed by atoms with Gasteiger partial charge < -0.3 is 18.9 Å². The van der Waals surface area contributed by atoms with E-state index in [1.165, 1.54) is 0 Å². The Hall–Kier alpha value is -2.60. The Balaban J connectivity index is 1.88. The molecule has 0 spiro atoms. The minimum atomic E-state index is -0.926. The van der Waals surface area contributed by atoms with Crippen molar-refractivity contribution in [2.24, 2.45) is 0 Å². The fourth-order valence-electron chi connectivity index (χ4n) is 2.29. The highest BCUT2D eigenvalue weighted by molar-refractivity contribution is 5.93. The first-order chi connectivity index (χ1) is 10.2. The van der Waals surface area contributed by atoms with Crippen LogP contribution in [0.1, 0.15) is 21.8 Å². The zero-order valence-corrected chi connectivity index (χ0v) is 11.4. The number of benzene rings is 1. The van der Waals surface area contributed by atoms with E-state index in [0.717, 1.165) is 16.6 Å². The van der Waals surface area contributed by atoms with Crippen molar-refractivity contribution in [2.45, 2.75) is 13.2 Å². The Labute approximate surface area is 120 Å². The lowest BCUT2D eigenvalue weighted by Crippen LogP contribution is -1.99. The molecule has 1 N–H and O–H groups in total. The van der Waals surface area contributed by atoms with Crippen LogP contribution in [0, 0.1) is 0 Å². The van der Waals surface area contributed by atoms with Crippen molar-refractivity contribution in [3.05, 3.63) is 53.5 Å². The van der Waals surface area contributed by atoms with Crippen molar-refractivity contribution in [3.8, 4) is 0 Å². The monoisotopic (exact) mass is 286 g/mol. The number of hydrogen-bond donors (Lipinski definition) is 1. The van der Waals surface area contributed by atoms with E-state index in [9.17, 15) is 4.79 Å². The van der Waals surface area contributed by atoms with Gasteiger partial charge in [-0.1, -0.05) is 5.16 Å². The number of aromatic nitrogens is 2. The van der Waals surface area contributed by atoms with Crippen molar-refractivity contribution in [2.75, 3.05) is 7.11 Å². The third-order valence-corrected chi connectivity index (χ3v) is 3.24. The molecule has 2 heterocycles. The predicted octanol–water partition coefficient (Wildman–Crippen LogP) is 2.52. The Morgan fingerprint density at radius 3 is 3.00 bits per heavy atom. The summed E-state index contributed by atoms with van der Waals surface area (Å²) in [6, 6.07) is 8.79. The summed E-state index contributed by atoms with van der Waals surface area (Å²) in [5.41, 5.74) is 2.03. The van der Waals surface area contributed by atoms with Gasteiger partial charge in [0.05, 0.1) is 12.1 Å². The number of hydrogen-bond acceptors (Lipinski definition) is 4. The predicted molar refractivity (Wildman–Crippen MR) is 75.2 cm³/mol. The van der Waals surface area contributed by atoms with Gasteiger partial charge >= 0.3 is 5.97 Å². The van der Waals surface area contributed by atoms with Gasteiger partial charge in [0.1, 0.15) is 12.3 Å². The number of nitrogens with zero attached hydrogens (tertiary/aromatic N) is 2. The van der Waals surface area contributed by atoms with Crippen molar-refractivity contribution in [1.29, 1.82) is 0 Å². The van der Waals surface area contributed by atoms with Crippen LogP contribution in [0.15, 0.2) is 41.1 Å². The maximum atomic E-state index is 11.0. The van der Waals surface area contributed by atoms with E-state index in [1.54, 1.807) is 25.3 Å². The topological polar surface area (TPSA) is 77.5 Å². The molecule has 0 amide bonds. The quantitative estimate of drug-likeness (QED) is 0.779. The van der Waals surface area contributed by atoms with Crippen LogP contribution in [0.4, 0.5) is 0 Å². The Kier molecular flexibility index (Phi) is 3.45. The molecule has 0 aliphatic heterocycles. The molecule has 0 aliphatic rings. The summed E-state index contributed by atoms with van der Waals surface area (Å²) < 4.78 is 12.1. The first kappa shape index (κ1) is 13.4. The number of aromatic carboxylic acids is 1. The molecule has 0 radical (unpaired) electrons. The number of methoxy groups -OCH3 is 1. The van der Waals surface area contributed by atoms with E-state index in [2.05, 4.69) is 5.16 Å². The van der Waals surface area contributed by atoms with Crippen molar-refractivity contribution < 1.29 is 19.2 Å². The Bertz CT molecular complexity index is 788. The molecule has 0 aliphatic carbocycles. The number of carboxylic acid groups (broad SMARTS) is 1. The van der Waals surface area contributed by atoms with E-state index in [1.807, 2.05) is 22.9 Å². The second-order valence-corrected chi connectivity index (χ2v) is 4.74. The lowest BCUT2D eigenvalue weighted by Gasteiger charge is -2.02. The highest BCUT2D eigenvalue weighted by Gasteiger charge is 2.09. The zero-order valence-electron chi connectivity index (χ0n) is 11.4. The summed E-state index contributed by atoms with van der Waals surface area (Å²) in [6.07, 6.45) is 1.90. The van der Waals surface area contributed by atoms with Crippen LogP contribution in [0.3, 0.4) is 0 Å². The summed E-state index contributed by atoms with van der Waals surface area (Å²) >= 11 is 0. The van der Waals surface area contributed by atoms with E-state index >= 15 is 0 Å². The largest absolute Gasteiger partial charge is 0.478 e. The standard InChI is InChI=1S/C15H14N2O4/c1-20-9-13-7-12(16-21-13)8-17-5-4-10-6-11(15(18)19)2-3-14(10)17/h2-7H,8-9H2,1H3,(H,18,19). The van der Waals surface area contributed by atoms with Gasteiger partial charge in [-0.3, -0.25) is 0 Å². The van der Waals surface area contributed by atoms with Crippen molar-refractivity contribution in [1.82, 2.24) is 9.72 Å². The fraction of sp³-hybridized carbons (Fsp3) is 0.200. The van der Waals surface area contributed by atoms with Gasteiger partial charge in [-0.2, -0.15) is 0 Å². The maximum Gasteiger partial charge on any atom is 0.335 e. The minimum Gasteiger partial charge on any atom is -0.478 e. The van der Waals surface area contributed by atoms with E-state index < -0.39 is 5.97 Å². The van der Waals surface area contributed by atoms with E-state index in [4.69, 9.17) is 14.4 Å². The first-order valence-corrected chi connectivity index (χ1v) is 6.43. The molecule has 0 atom stereocenters. The third kappa shape index (κ3) is 2.66. The van der Waals surface area contributed by atoms with Crippen molar-refractivity contribution in [3.63, 3.8) is 0 Å². The molecule has 0 saturated heterocycles. The molecular formula is C15H14N2O4. The van der Waals surface area contributed by atoms with Gasteiger partial charge in [0.15, 0.2) is 5.76 Å². The summed E-state index contributed by atoms with van der Waals surface area (Å²) in [7, 11) is 1.60. The lowest BCUT2D eigenvalue weighted by molar-refractivity contribution is 0.0697. The molecule has 0 bridgehead atoms. The van der Waals surface area contributed by atoms with E-state index in [0.29, 0.717) is 18.9 Å². The summed E-state index contributed by atoms with van der Waals surface area (Å²) in [6.45, 7) is 0.949. The SMILES string of the molecule is COCc1cc(Cn2ccc3cc(C(=O)O)ccc32)no1. The number of fused-ring (bicyclic) bond motifs is 1. The zero-order chi connectivity index (χ0) is 14.8. The number of rotatable bonds is 5. The molecule has 6 heteroatoms. The third-order valence-electron chi connectivity index (χ3n) is 3.24. The molecule has 108 valence electrons. The van der Waals surface area contributed by atoms with Gasteiger partial charge in [0.2, 0.25) is 0 Å². The fourth-order valence-corrected chi connectivity index (χ4v) is 2.29. The van der Waals surface area contributed by atoms with Crippen LogP contribution in [0.5, 0.6) is 0 Å². The molecule has 3 aromatic rings. The van der Waals surface area contributed by atoms with Crippen LogP contribution in [-0.4, -0.2) is 27.9 Å². The lowest BCUT2D eigenvalue weighted by atomic mass is 10.1. The molecule has 2 aromatic heterocycles. The summed E-state index contributed by atoms with van der Waals surface area (Å²) in [4.78, 5) is 11.0. The Morgan fingerprint density at radius 1 is 1.38 bits per heavy atom. The van der Waals surface area contributed by atoms with Gasteiger partial charge in [0, 0.05) is 30.3 Å². The number of ether oxygens (including phenoxy) is 1. The molecular weight excluding hydrogens is 272 g/mol. The number of carboxylic acids is 1. The van der Waals surface area contributed by atoms with Crippen molar-refractivity contribution >= 4 is 16.9 Å². The van der Waals surface area contributed by atoms with Crippen LogP contribution in [0.25, 0.3) is 10.9 Å². The van der Waals surface area contributed by atoms with Gasteiger partial charge in [-0.05, 0) is 24.3 Å².